The van der Waals surface area contributed by atoms with Crippen LogP contribution in [0.3, 0.4) is 0 Å². The lowest BCUT2D eigenvalue weighted by Gasteiger charge is -2.36. The third-order valence-electron chi connectivity index (χ3n) is 5.69. The summed E-state index contributed by atoms with van der Waals surface area (Å²) in [5, 5.41) is 0.781. The van der Waals surface area contributed by atoms with Gasteiger partial charge in [-0.2, -0.15) is 0 Å². The Morgan fingerprint density at radius 2 is 1.62 bits per heavy atom. The van der Waals surface area contributed by atoms with Gasteiger partial charge in [0.25, 0.3) is 5.56 Å². The van der Waals surface area contributed by atoms with Crippen LogP contribution >= 0.6 is 11.6 Å². The van der Waals surface area contributed by atoms with Gasteiger partial charge in [-0.3, -0.25) is 9.69 Å². The molecule has 4 rings (SSSR count). The fraction of sp³-hybridized carbons (Fsp3) is 0.391. The van der Waals surface area contributed by atoms with Gasteiger partial charge in [-0.15, -0.1) is 0 Å². The van der Waals surface area contributed by atoms with E-state index in [-0.39, 0.29) is 5.56 Å². The van der Waals surface area contributed by atoms with Gasteiger partial charge < -0.3 is 9.47 Å². The first kappa shape index (κ1) is 19.9. The van der Waals surface area contributed by atoms with E-state index in [1.54, 1.807) is 6.92 Å². The number of aromatic nitrogens is 2. The number of aryl methyl sites for hydroxylation is 2. The summed E-state index contributed by atoms with van der Waals surface area (Å²) in [7, 11) is 0. The maximum Gasteiger partial charge on any atom is 0.272 e. The molecule has 29 heavy (non-hydrogen) atoms. The van der Waals surface area contributed by atoms with E-state index in [9.17, 15) is 4.79 Å². The van der Waals surface area contributed by atoms with Crippen LogP contribution in [0.4, 0.5) is 5.69 Å². The van der Waals surface area contributed by atoms with Gasteiger partial charge in [0.1, 0.15) is 5.69 Å². The standard InChI is InChI=1S/C23H27ClN4O/c1-18-23(29)28(22-7-3-2-6-21(22)25-18)13-5-4-12-26-14-16-27(17-15-26)20-10-8-19(24)9-11-20/h2-3,6-11H,4-5,12-17H2,1H3. The van der Waals surface area contributed by atoms with Crippen LogP contribution in [0.1, 0.15) is 18.5 Å². The third kappa shape index (κ3) is 4.62. The zero-order chi connectivity index (χ0) is 20.2. The first-order valence-corrected chi connectivity index (χ1v) is 10.7. The van der Waals surface area contributed by atoms with E-state index in [1.165, 1.54) is 5.69 Å². The van der Waals surface area contributed by atoms with Crippen LogP contribution in [0.2, 0.25) is 5.02 Å². The van der Waals surface area contributed by atoms with Crippen LogP contribution in [-0.4, -0.2) is 47.2 Å². The highest BCUT2D eigenvalue weighted by atomic mass is 35.5. The molecule has 1 aliphatic rings. The fourth-order valence-electron chi connectivity index (χ4n) is 4.03. The highest BCUT2D eigenvalue weighted by molar-refractivity contribution is 6.30. The summed E-state index contributed by atoms with van der Waals surface area (Å²) in [6.45, 7) is 7.83. The molecule has 0 unspecified atom stereocenters. The molecular formula is C23H27ClN4O. The van der Waals surface area contributed by atoms with E-state index in [2.05, 4.69) is 26.9 Å². The van der Waals surface area contributed by atoms with Gasteiger partial charge in [-0.1, -0.05) is 23.7 Å². The molecule has 0 saturated carbocycles. The molecule has 1 saturated heterocycles. The maximum absolute atomic E-state index is 12.5. The Bertz CT molecular complexity index is 1020. The van der Waals surface area contributed by atoms with Crippen LogP contribution < -0.4 is 10.5 Å². The van der Waals surface area contributed by atoms with Crippen molar-refractivity contribution in [1.29, 1.82) is 0 Å². The minimum atomic E-state index is 0.0280. The number of para-hydroxylation sites is 2. The molecule has 1 fully saturated rings. The number of hydrogen-bond donors (Lipinski definition) is 0. The highest BCUT2D eigenvalue weighted by Gasteiger charge is 2.17. The summed E-state index contributed by atoms with van der Waals surface area (Å²) in [6, 6.07) is 16.0. The van der Waals surface area contributed by atoms with Crippen LogP contribution in [0, 0.1) is 6.92 Å². The minimum Gasteiger partial charge on any atom is -0.369 e. The van der Waals surface area contributed by atoms with Gasteiger partial charge in [0, 0.05) is 43.4 Å². The number of nitrogens with zero attached hydrogens (tertiary/aromatic N) is 4. The Labute approximate surface area is 176 Å². The number of piperazine rings is 1. The predicted octanol–water partition coefficient (Wildman–Crippen LogP) is 3.96. The van der Waals surface area contributed by atoms with Crippen LogP contribution in [-0.2, 0) is 6.54 Å². The average Bonchev–Trinajstić information content (AvgIpc) is 2.74. The molecule has 0 radical (unpaired) electrons. The van der Waals surface area contributed by atoms with Crippen LogP contribution in [0.5, 0.6) is 0 Å². The van der Waals surface area contributed by atoms with Gasteiger partial charge in [-0.05, 0) is 62.7 Å². The normalized spacial score (nSPS) is 15.2. The second-order valence-electron chi connectivity index (χ2n) is 7.65. The monoisotopic (exact) mass is 410 g/mol. The molecule has 2 heterocycles. The fourth-order valence-corrected chi connectivity index (χ4v) is 4.16. The van der Waals surface area contributed by atoms with Gasteiger partial charge >= 0.3 is 0 Å². The van der Waals surface area contributed by atoms with Crippen LogP contribution in [0.25, 0.3) is 11.0 Å². The van der Waals surface area contributed by atoms with Crippen LogP contribution in [0.15, 0.2) is 53.3 Å². The van der Waals surface area contributed by atoms with E-state index in [0.717, 1.165) is 68.2 Å². The van der Waals surface area contributed by atoms with Gasteiger partial charge in [-0.25, -0.2) is 4.98 Å². The van der Waals surface area contributed by atoms with E-state index < -0.39 is 0 Å². The van der Waals surface area contributed by atoms with Gasteiger partial charge in [0.15, 0.2) is 0 Å². The average molecular weight is 411 g/mol. The molecule has 5 nitrogen and oxygen atoms in total. The van der Waals surface area contributed by atoms with Crippen molar-refractivity contribution >= 4 is 28.3 Å². The number of benzene rings is 2. The van der Waals surface area contributed by atoms with Crippen molar-refractivity contribution in [2.24, 2.45) is 0 Å². The molecule has 0 N–H and O–H groups in total. The Balaban J connectivity index is 1.28. The number of anilines is 1. The lowest BCUT2D eigenvalue weighted by atomic mass is 10.2. The van der Waals surface area contributed by atoms with E-state index in [1.807, 2.05) is 41.0 Å². The minimum absolute atomic E-state index is 0.0280. The first-order valence-electron chi connectivity index (χ1n) is 10.3. The number of fused-ring (bicyclic) bond motifs is 1. The molecule has 6 heteroatoms. The summed E-state index contributed by atoms with van der Waals surface area (Å²) < 4.78 is 1.89. The predicted molar refractivity (Wildman–Crippen MR) is 120 cm³/mol. The number of rotatable bonds is 6. The zero-order valence-corrected chi connectivity index (χ0v) is 17.6. The Kier molecular flexibility index (Phi) is 6.16. The summed E-state index contributed by atoms with van der Waals surface area (Å²) in [4.78, 5) is 21.9. The first-order chi connectivity index (χ1) is 14.1. The maximum atomic E-state index is 12.5. The molecule has 0 amide bonds. The summed E-state index contributed by atoms with van der Waals surface area (Å²) in [6.07, 6.45) is 2.08. The molecule has 0 aliphatic carbocycles. The van der Waals surface area contributed by atoms with Crippen molar-refractivity contribution in [3.63, 3.8) is 0 Å². The molecule has 1 aromatic heterocycles. The topological polar surface area (TPSA) is 41.4 Å². The smallest absolute Gasteiger partial charge is 0.272 e. The summed E-state index contributed by atoms with van der Waals surface area (Å²) in [5.41, 5.74) is 3.67. The molecule has 1 aliphatic heterocycles. The molecule has 3 aromatic rings. The second kappa shape index (κ2) is 8.97. The van der Waals surface area contributed by atoms with E-state index >= 15 is 0 Å². The van der Waals surface area contributed by atoms with E-state index in [4.69, 9.17) is 11.6 Å². The summed E-state index contributed by atoms with van der Waals surface area (Å²) in [5.74, 6) is 0. The number of halogens is 1. The lowest BCUT2D eigenvalue weighted by molar-refractivity contribution is 0.251. The van der Waals surface area contributed by atoms with Crippen molar-refractivity contribution in [2.45, 2.75) is 26.3 Å². The molecule has 0 atom stereocenters. The van der Waals surface area contributed by atoms with E-state index in [0.29, 0.717) is 5.69 Å². The molecule has 152 valence electrons. The van der Waals surface area contributed by atoms with Crippen molar-refractivity contribution in [1.82, 2.24) is 14.5 Å². The van der Waals surface area contributed by atoms with Gasteiger partial charge in [0.05, 0.1) is 11.0 Å². The van der Waals surface area contributed by atoms with Crippen molar-refractivity contribution in [3.05, 3.63) is 69.6 Å². The lowest BCUT2D eigenvalue weighted by Crippen LogP contribution is -2.46. The molecule has 0 spiro atoms. The second-order valence-corrected chi connectivity index (χ2v) is 8.09. The summed E-state index contributed by atoms with van der Waals surface area (Å²) >= 11 is 5.99. The van der Waals surface area contributed by atoms with Crippen molar-refractivity contribution in [3.8, 4) is 0 Å². The van der Waals surface area contributed by atoms with Crippen molar-refractivity contribution < 1.29 is 0 Å². The number of hydrogen-bond acceptors (Lipinski definition) is 4. The molecule has 2 aromatic carbocycles. The molecule has 0 bridgehead atoms. The van der Waals surface area contributed by atoms with Gasteiger partial charge in [0.2, 0.25) is 0 Å². The number of unbranched alkanes of at least 4 members (excludes halogenated alkanes) is 1. The Morgan fingerprint density at radius 1 is 0.931 bits per heavy atom. The Morgan fingerprint density at radius 3 is 2.38 bits per heavy atom. The Hall–Kier alpha value is -2.37. The van der Waals surface area contributed by atoms with Crippen molar-refractivity contribution in [2.75, 3.05) is 37.6 Å². The quantitative estimate of drug-likeness (QED) is 0.577. The zero-order valence-electron chi connectivity index (χ0n) is 16.9. The third-order valence-corrected chi connectivity index (χ3v) is 5.94. The SMILES string of the molecule is Cc1nc2ccccc2n(CCCCN2CCN(c3ccc(Cl)cc3)CC2)c1=O. The highest BCUT2D eigenvalue weighted by Crippen LogP contribution is 2.19. The largest absolute Gasteiger partial charge is 0.369 e. The molecular weight excluding hydrogens is 384 g/mol.